The van der Waals surface area contributed by atoms with E-state index >= 15 is 0 Å². The van der Waals surface area contributed by atoms with Gasteiger partial charge < -0.3 is 4.98 Å². The molecule has 0 aliphatic heterocycles. The smallest absolute Gasteiger partial charge is 0.236 e. The molecule has 0 bridgehead atoms. The molecule has 15 heavy (non-hydrogen) atoms. The molecule has 0 aliphatic carbocycles. The second-order valence-corrected chi connectivity index (χ2v) is 6.31. The number of aromatic nitrogens is 1. The van der Waals surface area contributed by atoms with Crippen LogP contribution in [0.2, 0.25) is 0 Å². The summed E-state index contributed by atoms with van der Waals surface area (Å²) < 4.78 is 21.8. The number of hydrogen-bond donors (Lipinski definition) is 1. The Bertz CT molecular complexity index is 601. The van der Waals surface area contributed by atoms with Crippen molar-refractivity contribution in [2.45, 2.75) is 12.7 Å². The van der Waals surface area contributed by atoms with E-state index in [2.05, 4.69) is 4.98 Å². The Morgan fingerprint density at radius 2 is 2.13 bits per heavy atom. The third kappa shape index (κ3) is 2.33. The predicted octanol–water partition coefficient (Wildman–Crippen LogP) is 2.54. The molecule has 1 N–H and O–H groups in total. The molecule has 0 aliphatic rings. The molecule has 0 atom stereocenters. The molecule has 0 radical (unpaired) electrons. The minimum absolute atomic E-state index is 0.130. The Hall–Kier alpha value is -1.00. The van der Waals surface area contributed by atoms with Crippen LogP contribution < -0.4 is 0 Å². The Balaban J connectivity index is 2.51. The Kier molecular flexibility index (Phi) is 2.48. The lowest BCUT2D eigenvalue weighted by atomic mass is 10.1. The molecule has 2 aromatic rings. The number of halogens is 1. The molecule has 0 saturated carbocycles. The highest BCUT2D eigenvalue weighted by atomic mass is 35.7. The minimum atomic E-state index is -3.48. The van der Waals surface area contributed by atoms with E-state index in [1.807, 2.05) is 25.3 Å². The number of nitrogens with one attached hydrogen (secondary N) is 1. The molecule has 1 aromatic heterocycles. The standard InChI is InChI=1S/C10H10ClNO2S/c1-7-5-12-10-3-2-8(4-9(7)10)6-15(11,13)14/h2-5,12H,6H2,1H3. The zero-order chi connectivity index (χ0) is 11.1. The lowest BCUT2D eigenvalue weighted by Crippen LogP contribution is -1.94. The van der Waals surface area contributed by atoms with Gasteiger partial charge in [0, 0.05) is 27.8 Å². The van der Waals surface area contributed by atoms with Gasteiger partial charge in [0.1, 0.15) is 0 Å². The van der Waals surface area contributed by atoms with Crippen LogP contribution in [-0.2, 0) is 14.8 Å². The van der Waals surface area contributed by atoms with Gasteiger partial charge in [0.05, 0.1) is 5.75 Å². The van der Waals surface area contributed by atoms with E-state index in [1.165, 1.54) is 0 Å². The molecule has 1 heterocycles. The van der Waals surface area contributed by atoms with Crippen LogP contribution in [-0.4, -0.2) is 13.4 Å². The number of benzene rings is 1. The van der Waals surface area contributed by atoms with Gasteiger partial charge in [-0.25, -0.2) is 8.42 Å². The third-order valence-electron chi connectivity index (χ3n) is 2.29. The first-order valence-electron chi connectivity index (χ1n) is 4.45. The molecule has 80 valence electrons. The van der Waals surface area contributed by atoms with Gasteiger partial charge in [-0.3, -0.25) is 0 Å². The topological polar surface area (TPSA) is 49.9 Å². The van der Waals surface area contributed by atoms with Gasteiger partial charge in [0.25, 0.3) is 0 Å². The maximum Gasteiger partial charge on any atom is 0.236 e. The van der Waals surface area contributed by atoms with Crippen molar-refractivity contribution >= 4 is 30.6 Å². The van der Waals surface area contributed by atoms with Crippen molar-refractivity contribution < 1.29 is 8.42 Å². The molecule has 2 rings (SSSR count). The molecule has 0 saturated heterocycles. The zero-order valence-electron chi connectivity index (χ0n) is 8.12. The number of aryl methyl sites for hydroxylation is 1. The monoisotopic (exact) mass is 243 g/mol. The highest BCUT2D eigenvalue weighted by Gasteiger charge is 2.08. The van der Waals surface area contributed by atoms with Crippen molar-refractivity contribution in [2.75, 3.05) is 0 Å². The number of aromatic amines is 1. The molecule has 0 fully saturated rings. The highest BCUT2D eigenvalue weighted by molar-refractivity contribution is 8.13. The van der Waals surface area contributed by atoms with E-state index in [1.54, 1.807) is 6.07 Å². The molecular formula is C10H10ClNO2S. The fourth-order valence-corrected chi connectivity index (χ4v) is 2.55. The Morgan fingerprint density at radius 1 is 1.40 bits per heavy atom. The van der Waals surface area contributed by atoms with Crippen LogP contribution in [0.25, 0.3) is 10.9 Å². The summed E-state index contributed by atoms with van der Waals surface area (Å²) in [7, 11) is 1.72. The van der Waals surface area contributed by atoms with E-state index in [-0.39, 0.29) is 5.75 Å². The number of hydrogen-bond acceptors (Lipinski definition) is 2. The molecule has 1 aromatic carbocycles. The van der Waals surface area contributed by atoms with Gasteiger partial charge in [-0.1, -0.05) is 6.07 Å². The minimum Gasteiger partial charge on any atom is -0.361 e. The first kappa shape index (κ1) is 10.5. The predicted molar refractivity (Wildman–Crippen MR) is 61.5 cm³/mol. The van der Waals surface area contributed by atoms with Crippen molar-refractivity contribution in [3.63, 3.8) is 0 Å². The third-order valence-corrected chi connectivity index (χ3v) is 3.30. The fraction of sp³-hybridized carbons (Fsp3) is 0.200. The quantitative estimate of drug-likeness (QED) is 0.824. The van der Waals surface area contributed by atoms with Crippen molar-refractivity contribution in [1.82, 2.24) is 4.98 Å². The Morgan fingerprint density at radius 3 is 2.80 bits per heavy atom. The summed E-state index contributed by atoms with van der Waals surface area (Å²) >= 11 is 0. The lowest BCUT2D eigenvalue weighted by Gasteiger charge is -1.99. The van der Waals surface area contributed by atoms with Crippen LogP contribution in [0.4, 0.5) is 0 Å². The van der Waals surface area contributed by atoms with Gasteiger partial charge in [0.15, 0.2) is 0 Å². The van der Waals surface area contributed by atoms with E-state index in [0.717, 1.165) is 16.5 Å². The molecular weight excluding hydrogens is 234 g/mol. The van der Waals surface area contributed by atoms with E-state index in [9.17, 15) is 8.42 Å². The van der Waals surface area contributed by atoms with E-state index in [0.29, 0.717) is 5.56 Å². The van der Waals surface area contributed by atoms with Gasteiger partial charge >= 0.3 is 0 Å². The SMILES string of the molecule is Cc1c[nH]c2ccc(CS(=O)(=O)Cl)cc12. The van der Waals surface area contributed by atoms with Crippen LogP contribution in [0.15, 0.2) is 24.4 Å². The van der Waals surface area contributed by atoms with E-state index < -0.39 is 9.05 Å². The van der Waals surface area contributed by atoms with E-state index in [4.69, 9.17) is 10.7 Å². The average Bonchev–Trinajstić information content (AvgIpc) is 2.45. The summed E-state index contributed by atoms with van der Waals surface area (Å²) in [5.41, 5.74) is 2.81. The Labute approximate surface area is 92.5 Å². The summed E-state index contributed by atoms with van der Waals surface area (Å²) in [5.74, 6) is -0.130. The number of H-pyrrole nitrogens is 1. The molecule has 3 nitrogen and oxygen atoms in total. The van der Waals surface area contributed by atoms with Crippen molar-refractivity contribution in [1.29, 1.82) is 0 Å². The van der Waals surface area contributed by atoms with Crippen LogP contribution in [0.1, 0.15) is 11.1 Å². The van der Waals surface area contributed by atoms with Crippen LogP contribution >= 0.6 is 10.7 Å². The van der Waals surface area contributed by atoms with Gasteiger partial charge in [0.2, 0.25) is 9.05 Å². The summed E-state index contributed by atoms with van der Waals surface area (Å²) in [5, 5.41) is 1.04. The van der Waals surface area contributed by atoms with Crippen molar-refractivity contribution in [3.05, 3.63) is 35.5 Å². The molecule has 0 amide bonds. The van der Waals surface area contributed by atoms with Crippen LogP contribution in [0, 0.1) is 6.92 Å². The summed E-state index contributed by atoms with van der Waals surface area (Å²) in [6, 6.07) is 5.47. The number of rotatable bonds is 2. The van der Waals surface area contributed by atoms with Crippen molar-refractivity contribution in [3.8, 4) is 0 Å². The number of fused-ring (bicyclic) bond motifs is 1. The molecule has 5 heteroatoms. The summed E-state index contributed by atoms with van der Waals surface area (Å²) in [6.07, 6.45) is 1.89. The fourth-order valence-electron chi connectivity index (χ4n) is 1.60. The second kappa shape index (κ2) is 3.54. The molecule has 0 unspecified atom stereocenters. The normalized spacial score (nSPS) is 12.1. The van der Waals surface area contributed by atoms with Gasteiger partial charge in [-0.2, -0.15) is 0 Å². The molecule has 0 spiro atoms. The summed E-state index contributed by atoms with van der Waals surface area (Å²) in [6.45, 7) is 1.97. The van der Waals surface area contributed by atoms with Crippen LogP contribution in [0.3, 0.4) is 0 Å². The maximum atomic E-state index is 10.9. The van der Waals surface area contributed by atoms with Gasteiger partial charge in [-0.15, -0.1) is 0 Å². The zero-order valence-corrected chi connectivity index (χ0v) is 9.69. The lowest BCUT2D eigenvalue weighted by molar-refractivity contribution is 0.609. The van der Waals surface area contributed by atoms with Gasteiger partial charge in [-0.05, 0) is 30.2 Å². The highest BCUT2D eigenvalue weighted by Crippen LogP contribution is 2.20. The first-order chi connectivity index (χ1) is 6.96. The van der Waals surface area contributed by atoms with Crippen LogP contribution in [0.5, 0.6) is 0 Å². The summed E-state index contributed by atoms with van der Waals surface area (Å²) in [4.78, 5) is 3.10. The van der Waals surface area contributed by atoms with Crippen molar-refractivity contribution in [2.24, 2.45) is 0 Å². The largest absolute Gasteiger partial charge is 0.361 e. The first-order valence-corrected chi connectivity index (χ1v) is 6.92. The second-order valence-electron chi connectivity index (χ2n) is 3.53. The average molecular weight is 244 g/mol. The maximum absolute atomic E-state index is 10.9.